The molecule has 0 amide bonds. The van der Waals surface area contributed by atoms with Crippen LogP contribution in [-0.4, -0.2) is 0 Å². The first-order valence-corrected chi connectivity index (χ1v) is 14.2. The summed E-state index contributed by atoms with van der Waals surface area (Å²) in [5.74, 6) is 0. The van der Waals surface area contributed by atoms with Crippen molar-refractivity contribution >= 4 is 0 Å². The van der Waals surface area contributed by atoms with Gasteiger partial charge in [0.25, 0.3) is 0 Å². The Morgan fingerprint density at radius 2 is 0.204 bits per heavy atom. The van der Waals surface area contributed by atoms with Crippen LogP contribution in [0, 0.1) is 167 Å². The summed E-state index contributed by atoms with van der Waals surface area (Å²) in [6, 6.07) is 21.0. The average molecular weight is 1110 g/mol. The topological polar surface area (TPSA) is 562 Å². The summed E-state index contributed by atoms with van der Waals surface area (Å²) in [5.41, 5.74) is 0. The van der Waals surface area contributed by atoms with E-state index in [-0.39, 0.29) is 67.1 Å². The van der Waals surface area contributed by atoms with Gasteiger partial charge in [0.1, 0.15) is 0 Å². The van der Waals surface area contributed by atoms with E-state index in [0.29, 0.717) is 0 Å². The van der Waals surface area contributed by atoms with Crippen LogP contribution in [0.1, 0.15) is 83.1 Å². The molecule has 0 N–H and O–H groups in total. The predicted molar refractivity (Wildman–Crippen MR) is 135 cm³/mol. The smallest absolute Gasteiger partial charge is 0.222 e. The van der Waals surface area contributed by atoms with E-state index in [1.54, 1.807) is 72.8 Å². The first-order chi connectivity index (χ1) is 23.0. The van der Waals surface area contributed by atoms with E-state index in [0.717, 1.165) is 0 Å². The summed E-state index contributed by atoms with van der Waals surface area (Å²) in [6.45, 7) is 17.2. The molecule has 54 heavy (non-hydrogen) atoms. The quantitative estimate of drug-likeness (QED) is 0.203. The van der Waals surface area contributed by atoms with Gasteiger partial charge in [-0.25, -0.2) is 55.9 Å². The molecule has 0 aromatic rings. The van der Waals surface area contributed by atoms with Gasteiger partial charge >= 0.3 is 67.1 Å². The molecule has 0 fully saturated rings. The second-order valence-electron chi connectivity index (χ2n) is 3.82. The Hall–Kier alpha value is -3.51. The molecular formula is C24H36Ag3Cl3N12O12. The van der Waals surface area contributed by atoms with Gasteiger partial charge < -0.3 is 0 Å². The van der Waals surface area contributed by atoms with E-state index in [4.69, 9.17) is 119 Å². The van der Waals surface area contributed by atoms with Gasteiger partial charge in [0.05, 0.1) is 72.8 Å². The van der Waals surface area contributed by atoms with Gasteiger partial charge in [-0.1, -0.05) is 0 Å². The van der Waals surface area contributed by atoms with Crippen molar-refractivity contribution in [3.05, 3.63) is 0 Å². The molecule has 0 spiro atoms. The Kier molecular flexibility index (Phi) is 360. The molecule has 0 radical (unpaired) electrons. The number of nitriles is 12. The van der Waals surface area contributed by atoms with Gasteiger partial charge in [-0.05, 0) is 0 Å². The van der Waals surface area contributed by atoms with Gasteiger partial charge in [-0.3, -0.25) is 0 Å². The molecule has 0 aromatic heterocycles. The van der Waals surface area contributed by atoms with Gasteiger partial charge in [0, 0.05) is 83.1 Å². The van der Waals surface area contributed by atoms with E-state index >= 15 is 0 Å². The maximum absolute atomic E-state index is 8.49. The third-order valence-corrected chi connectivity index (χ3v) is 0. The number of rotatable bonds is 0. The number of hydrogen-bond donors (Lipinski definition) is 0. The Morgan fingerprint density at radius 3 is 0.204 bits per heavy atom. The minimum Gasteiger partial charge on any atom is -0.222 e. The van der Waals surface area contributed by atoms with Gasteiger partial charge in [0.2, 0.25) is 0 Å². The minimum atomic E-state index is -4.94. The molecule has 24 nitrogen and oxygen atoms in total. The molecule has 0 unspecified atom stereocenters. The zero-order chi connectivity index (χ0) is 46.0. The van der Waals surface area contributed by atoms with E-state index < -0.39 is 30.7 Å². The van der Waals surface area contributed by atoms with E-state index in [9.17, 15) is 0 Å². The van der Waals surface area contributed by atoms with E-state index in [1.165, 1.54) is 83.1 Å². The number of halogens is 3. The van der Waals surface area contributed by atoms with E-state index in [2.05, 4.69) is 0 Å². The average Bonchev–Trinajstić information content (AvgIpc) is 2.87. The summed E-state index contributed by atoms with van der Waals surface area (Å²) >= 11 is 0. The maximum Gasteiger partial charge on any atom is 1.00 e. The van der Waals surface area contributed by atoms with Gasteiger partial charge in [-0.15, -0.1) is 30.7 Å². The van der Waals surface area contributed by atoms with Crippen LogP contribution in [0.2, 0.25) is 0 Å². The maximum atomic E-state index is 8.49. The molecule has 0 atom stereocenters. The van der Waals surface area contributed by atoms with Crippen LogP contribution in [0.15, 0.2) is 0 Å². The molecule has 0 saturated heterocycles. The summed E-state index contributed by atoms with van der Waals surface area (Å²) in [5, 5.41) is 87.8. The molecule has 30 heteroatoms. The van der Waals surface area contributed by atoms with Crippen molar-refractivity contribution in [3.8, 4) is 72.8 Å². The molecule has 0 aliphatic rings. The Labute approximate surface area is 370 Å². The number of nitrogens with zero attached hydrogens (tertiary/aromatic N) is 12. The minimum absolute atomic E-state index is 0. The largest absolute Gasteiger partial charge is 1.00 e. The monoisotopic (exact) mass is 1110 g/mol. The zero-order valence-electron chi connectivity index (χ0n) is 30.3. The van der Waals surface area contributed by atoms with Crippen molar-refractivity contribution in [2.24, 2.45) is 0 Å². The van der Waals surface area contributed by atoms with Crippen molar-refractivity contribution < 1.29 is 154 Å². The third-order valence-electron chi connectivity index (χ3n) is 0. The molecule has 0 heterocycles. The molecule has 0 saturated carbocycles. The fourth-order valence-corrected chi connectivity index (χ4v) is 0. The Balaban J connectivity index is -0.0000000161. The van der Waals surface area contributed by atoms with Crippen molar-refractivity contribution in [2.45, 2.75) is 83.1 Å². The van der Waals surface area contributed by atoms with Crippen molar-refractivity contribution in [1.82, 2.24) is 0 Å². The molecule has 0 aromatic carbocycles. The van der Waals surface area contributed by atoms with Crippen LogP contribution >= 0.6 is 0 Å². The fourth-order valence-electron chi connectivity index (χ4n) is 0. The van der Waals surface area contributed by atoms with E-state index in [1.807, 2.05) is 0 Å². The zero-order valence-corrected chi connectivity index (χ0v) is 37.0. The van der Waals surface area contributed by atoms with Gasteiger partial charge in [0.15, 0.2) is 0 Å². The summed E-state index contributed by atoms with van der Waals surface area (Å²) in [6.07, 6.45) is 0. The molecule has 0 rings (SSSR count). The summed E-state index contributed by atoms with van der Waals surface area (Å²) < 4.78 is 102. The summed E-state index contributed by atoms with van der Waals surface area (Å²) in [7, 11) is -14.8. The van der Waals surface area contributed by atoms with Crippen molar-refractivity contribution in [1.29, 1.82) is 63.1 Å². The van der Waals surface area contributed by atoms with Crippen LogP contribution in [0.25, 0.3) is 0 Å². The molecular weight excluding hydrogens is 1080 g/mol. The van der Waals surface area contributed by atoms with Gasteiger partial charge in [-0.2, -0.15) is 63.1 Å². The second-order valence-corrected chi connectivity index (χ2v) is 6.08. The molecule has 318 valence electrons. The van der Waals surface area contributed by atoms with Crippen LogP contribution in [0.5, 0.6) is 0 Å². The SMILES string of the molecule is CC#N.CC#N.CC#N.CC#N.CC#N.CC#N.CC#N.CC#N.CC#N.CC#N.CC#N.CC#N.[Ag+].[Ag+].[Ag+].[O-][Cl+3]([O-])([O-])[O-].[O-][Cl+3]([O-])([O-])[O-].[O-][Cl+3]([O-])([O-])[O-]. The molecule has 0 bridgehead atoms. The van der Waals surface area contributed by atoms with Crippen LogP contribution in [-0.2, 0) is 67.1 Å². The van der Waals surface area contributed by atoms with Crippen molar-refractivity contribution in [2.75, 3.05) is 0 Å². The Bertz CT molecular complexity index is 826. The van der Waals surface area contributed by atoms with Crippen LogP contribution in [0.3, 0.4) is 0 Å². The first kappa shape index (κ1) is 117. The summed E-state index contributed by atoms with van der Waals surface area (Å²) in [4.78, 5) is 0. The number of hydrogen-bond acceptors (Lipinski definition) is 24. The third kappa shape index (κ3) is 8880. The standard InChI is InChI=1S/12C2H3N.3Ag.3ClHO4/c12*1-2-3;;;;3*2-1(3,4)5/h12*1H3;;;;3*(H,2,3,4,5)/q;;;;;;;;;;;;3*+1;;;/p-3. The Morgan fingerprint density at radius 1 is 0.204 bits per heavy atom. The molecule has 0 aliphatic heterocycles. The predicted octanol–water partition coefficient (Wildman–Crippen LogP) is -7.92. The normalized spacial score (nSPS) is 5.11. The second kappa shape index (κ2) is 166. The first-order valence-electron chi connectivity index (χ1n) is 10.5. The van der Waals surface area contributed by atoms with Crippen LogP contribution < -0.4 is 55.9 Å². The van der Waals surface area contributed by atoms with Crippen molar-refractivity contribution in [3.63, 3.8) is 0 Å². The fraction of sp³-hybridized carbons (Fsp3) is 0.500. The van der Waals surface area contributed by atoms with Crippen LogP contribution in [0.4, 0.5) is 0 Å². The molecule has 0 aliphatic carbocycles.